The number of anilines is 1. The number of ether oxygens (including phenoxy) is 1. The molecule has 0 N–H and O–H groups in total. The van der Waals surface area contributed by atoms with Crippen molar-refractivity contribution in [3.63, 3.8) is 0 Å². The smallest absolute Gasteiger partial charge is 0.240 e. The van der Waals surface area contributed by atoms with Gasteiger partial charge < -0.3 is 9.64 Å². The molecule has 1 aromatic carbocycles. The van der Waals surface area contributed by atoms with Gasteiger partial charge in [-0.15, -0.1) is 0 Å². The summed E-state index contributed by atoms with van der Waals surface area (Å²) in [6.45, 7) is 0.632. The number of piperidine rings is 1. The molecule has 0 aromatic heterocycles. The van der Waals surface area contributed by atoms with E-state index in [1.165, 1.54) is 19.2 Å². The number of hydrogen-bond donors (Lipinski definition) is 0. The highest BCUT2D eigenvalue weighted by Gasteiger charge is 2.27. The van der Waals surface area contributed by atoms with Gasteiger partial charge in [-0.2, -0.15) is 0 Å². The molecule has 1 saturated heterocycles. The highest BCUT2D eigenvalue weighted by Crippen LogP contribution is 2.28. The third kappa shape index (κ3) is 2.44. The van der Waals surface area contributed by atoms with Gasteiger partial charge in [0, 0.05) is 18.3 Å². The Hall–Kier alpha value is -1.10. The fourth-order valence-corrected chi connectivity index (χ4v) is 2.48. The highest BCUT2D eigenvalue weighted by atomic mass is 79.9. The van der Waals surface area contributed by atoms with Crippen molar-refractivity contribution < 1.29 is 13.9 Å². The largest absolute Gasteiger partial charge is 0.494 e. The van der Waals surface area contributed by atoms with Gasteiger partial charge in [-0.25, -0.2) is 4.39 Å². The molecule has 1 fully saturated rings. The second-order valence-corrected chi connectivity index (χ2v) is 5.02. The molecule has 0 bridgehead atoms. The SMILES string of the molecule is COc1ccc(N2CCCC(Br)C2=O)cc1F. The molecule has 1 unspecified atom stereocenters. The van der Waals surface area contributed by atoms with Crippen LogP contribution in [0.2, 0.25) is 0 Å². The quantitative estimate of drug-likeness (QED) is 0.786. The molecule has 0 saturated carbocycles. The van der Waals surface area contributed by atoms with Crippen LogP contribution in [0.15, 0.2) is 18.2 Å². The molecule has 1 aliphatic heterocycles. The Bertz CT molecular complexity index is 439. The fourth-order valence-electron chi connectivity index (χ4n) is 1.91. The van der Waals surface area contributed by atoms with Crippen LogP contribution in [-0.2, 0) is 4.79 Å². The first-order valence-corrected chi connectivity index (χ1v) is 6.34. The summed E-state index contributed by atoms with van der Waals surface area (Å²) in [6, 6.07) is 4.57. The van der Waals surface area contributed by atoms with E-state index in [4.69, 9.17) is 4.74 Å². The van der Waals surface area contributed by atoms with Crippen LogP contribution in [0.5, 0.6) is 5.75 Å². The van der Waals surface area contributed by atoms with E-state index in [0.717, 1.165) is 12.8 Å². The van der Waals surface area contributed by atoms with Crippen molar-refractivity contribution in [1.82, 2.24) is 0 Å². The standard InChI is InChI=1S/C12H13BrFNO2/c1-17-11-5-4-8(7-10(11)14)15-6-2-3-9(13)12(15)16/h4-5,7,9H,2-3,6H2,1H3. The Morgan fingerprint density at radius 2 is 2.29 bits per heavy atom. The minimum atomic E-state index is -0.450. The van der Waals surface area contributed by atoms with Crippen LogP contribution in [0, 0.1) is 5.82 Å². The zero-order valence-corrected chi connectivity index (χ0v) is 11.0. The summed E-state index contributed by atoms with van der Waals surface area (Å²) in [7, 11) is 1.42. The number of benzene rings is 1. The van der Waals surface area contributed by atoms with Gasteiger partial charge in [0.15, 0.2) is 11.6 Å². The third-order valence-corrected chi connectivity index (χ3v) is 3.67. The minimum Gasteiger partial charge on any atom is -0.494 e. The zero-order chi connectivity index (χ0) is 12.4. The van der Waals surface area contributed by atoms with Gasteiger partial charge in [0.05, 0.1) is 11.9 Å². The maximum absolute atomic E-state index is 13.6. The maximum atomic E-state index is 13.6. The molecule has 1 heterocycles. The van der Waals surface area contributed by atoms with Crippen molar-refractivity contribution in [2.75, 3.05) is 18.6 Å². The van der Waals surface area contributed by atoms with Crippen LogP contribution in [0.1, 0.15) is 12.8 Å². The average Bonchev–Trinajstić information content (AvgIpc) is 2.32. The lowest BCUT2D eigenvalue weighted by Crippen LogP contribution is -2.41. The number of hydrogen-bond acceptors (Lipinski definition) is 2. The zero-order valence-electron chi connectivity index (χ0n) is 9.45. The topological polar surface area (TPSA) is 29.5 Å². The van der Waals surface area contributed by atoms with Gasteiger partial charge >= 0.3 is 0 Å². The number of alkyl halides is 1. The first kappa shape index (κ1) is 12.4. The Kier molecular flexibility index (Phi) is 3.66. The van der Waals surface area contributed by atoms with E-state index in [9.17, 15) is 9.18 Å². The number of rotatable bonds is 2. The number of amides is 1. The van der Waals surface area contributed by atoms with Crippen LogP contribution in [0.3, 0.4) is 0 Å². The van der Waals surface area contributed by atoms with Crippen LogP contribution < -0.4 is 9.64 Å². The molecule has 2 rings (SSSR count). The van der Waals surface area contributed by atoms with E-state index in [1.54, 1.807) is 11.0 Å². The molecule has 0 radical (unpaired) electrons. The lowest BCUT2D eigenvalue weighted by molar-refractivity contribution is -0.118. The molecule has 1 atom stereocenters. The predicted molar refractivity (Wildman–Crippen MR) is 67.3 cm³/mol. The van der Waals surface area contributed by atoms with Gasteiger partial charge in [-0.1, -0.05) is 15.9 Å². The second-order valence-electron chi connectivity index (χ2n) is 3.92. The molecule has 1 amide bonds. The Morgan fingerprint density at radius 3 is 2.94 bits per heavy atom. The third-order valence-electron chi connectivity index (χ3n) is 2.82. The van der Waals surface area contributed by atoms with Crippen LogP contribution in [-0.4, -0.2) is 24.4 Å². The number of carbonyl (C=O) groups excluding carboxylic acids is 1. The first-order valence-electron chi connectivity index (χ1n) is 5.42. The second kappa shape index (κ2) is 5.04. The van der Waals surface area contributed by atoms with Crippen LogP contribution >= 0.6 is 15.9 Å². The summed E-state index contributed by atoms with van der Waals surface area (Å²) in [4.78, 5) is 13.4. The van der Waals surface area contributed by atoms with Crippen molar-refractivity contribution in [3.8, 4) is 5.75 Å². The van der Waals surface area contributed by atoms with E-state index in [2.05, 4.69) is 15.9 Å². The summed E-state index contributed by atoms with van der Waals surface area (Å²) < 4.78 is 18.4. The van der Waals surface area contributed by atoms with Gasteiger partial charge in [-0.05, 0) is 25.0 Å². The first-order chi connectivity index (χ1) is 8.13. The van der Waals surface area contributed by atoms with Crippen molar-refractivity contribution in [2.45, 2.75) is 17.7 Å². The summed E-state index contributed by atoms with van der Waals surface area (Å²) in [5, 5.41) is 0. The molecule has 3 nitrogen and oxygen atoms in total. The Morgan fingerprint density at radius 1 is 1.53 bits per heavy atom. The van der Waals surface area contributed by atoms with Gasteiger partial charge in [0.1, 0.15) is 0 Å². The van der Waals surface area contributed by atoms with E-state index < -0.39 is 5.82 Å². The summed E-state index contributed by atoms with van der Waals surface area (Å²) in [6.07, 6.45) is 1.74. The van der Waals surface area contributed by atoms with Crippen LogP contribution in [0.25, 0.3) is 0 Å². The van der Waals surface area contributed by atoms with E-state index in [0.29, 0.717) is 12.2 Å². The average molecular weight is 302 g/mol. The number of nitrogens with zero attached hydrogens (tertiary/aromatic N) is 1. The monoisotopic (exact) mass is 301 g/mol. The van der Waals surface area contributed by atoms with Gasteiger partial charge in [0.25, 0.3) is 0 Å². The molecule has 92 valence electrons. The number of methoxy groups -OCH3 is 1. The van der Waals surface area contributed by atoms with Gasteiger partial charge in [0.2, 0.25) is 5.91 Å². The predicted octanol–water partition coefficient (Wildman–Crippen LogP) is 2.72. The lowest BCUT2D eigenvalue weighted by Gasteiger charge is -2.29. The number of halogens is 2. The Labute approximate surface area is 108 Å². The summed E-state index contributed by atoms with van der Waals surface area (Å²) in [5.74, 6) is -0.274. The minimum absolute atomic E-state index is 0.0131. The summed E-state index contributed by atoms with van der Waals surface area (Å²) in [5.41, 5.74) is 0.581. The lowest BCUT2D eigenvalue weighted by atomic mass is 10.1. The molecular formula is C12H13BrFNO2. The molecule has 1 aromatic rings. The van der Waals surface area contributed by atoms with Crippen molar-refractivity contribution in [1.29, 1.82) is 0 Å². The normalized spacial score (nSPS) is 20.5. The molecule has 17 heavy (non-hydrogen) atoms. The van der Waals surface area contributed by atoms with E-state index in [-0.39, 0.29) is 16.5 Å². The van der Waals surface area contributed by atoms with Crippen molar-refractivity contribution in [2.24, 2.45) is 0 Å². The maximum Gasteiger partial charge on any atom is 0.240 e. The van der Waals surface area contributed by atoms with Crippen molar-refractivity contribution >= 4 is 27.5 Å². The molecular weight excluding hydrogens is 289 g/mol. The molecule has 5 heteroatoms. The van der Waals surface area contributed by atoms with E-state index >= 15 is 0 Å². The summed E-state index contributed by atoms with van der Waals surface area (Å²) >= 11 is 3.33. The highest BCUT2D eigenvalue weighted by molar-refractivity contribution is 9.10. The van der Waals surface area contributed by atoms with Gasteiger partial charge in [-0.3, -0.25) is 4.79 Å². The van der Waals surface area contributed by atoms with Crippen LogP contribution in [0.4, 0.5) is 10.1 Å². The fraction of sp³-hybridized carbons (Fsp3) is 0.417. The van der Waals surface area contributed by atoms with E-state index in [1.807, 2.05) is 0 Å². The molecule has 0 aliphatic carbocycles. The molecule has 0 spiro atoms. The number of carbonyl (C=O) groups is 1. The van der Waals surface area contributed by atoms with Crippen molar-refractivity contribution in [3.05, 3.63) is 24.0 Å². The molecule has 1 aliphatic rings. The Balaban J connectivity index is 2.27.